The zero-order valence-electron chi connectivity index (χ0n) is 15.4. The number of benzene rings is 1. The summed E-state index contributed by atoms with van der Waals surface area (Å²) in [7, 11) is 0. The Labute approximate surface area is 162 Å². The molecule has 3 aliphatic heterocycles. The minimum atomic E-state index is -0.617. The van der Waals surface area contributed by atoms with Gasteiger partial charge in [-0.2, -0.15) is 0 Å². The Morgan fingerprint density at radius 3 is 2.82 bits per heavy atom. The van der Waals surface area contributed by atoms with Crippen molar-refractivity contribution in [3.8, 4) is 0 Å². The van der Waals surface area contributed by atoms with Crippen molar-refractivity contribution in [3.63, 3.8) is 0 Å². The molecule has 9 nitrogen and oxygen atoms in total. The van der Waals surface area contributed by atoms with E-state index in [0.717, 1.165) is 17.7 Å². The molecule has 28 heavy (non-hydrogen) atoms. The number of amides is 4. The van der Waals surface area contributed by atoms with Gasteiger partial charge >= 0.3 is 0 Å². The molecule has 0 spiro atoms. The Hall–Kier alpha value is -2.78. The van der Waals surface area contributed by atoms with Crippen molar-refractivity contribution >= 4 is 23.6 Å². The lowest BCUT2D eigenvalue weighted by molar-refractivity contribution is -0.137. The van der Waals surface area contributed by atoms with Crippen molar-refractivity contribution in [1.29, 1.82) is 0 Å². The Bertz CT molecular complexity index is 855. The number of nitrogens with one attached hydrogen (secondary N) is 2. The summed E-state index contributed by atoms with van der Waals surface area (Å²) in [6.07, 6.45) is 0.581. The van der Waals surface area contributed by atoms with Crippen LogP contribution in [0.2, 0.25) is 0 Å². The summed E-state index contributed by atoms with van der Waals surface area (Å²) in [5.74, 6) is -1.28. The van der Waals surface area contributed by atoms with Gasteiger partial charge in [0.15, 0.2) is 0 Å². The van der Waals surface area contributed by atoms with Crippen molar-refractivity contribution < 1.29 is 19.2 Å². The summed E-state index contributed by atoms with van der Waals surface area (Å²) in [5, 5.41) is 5.47. The molecule has 0 bridgehead atoms. The SMILES string of the molecule is NC(=O)C1CNCCN1Cc1ccc2c(c1)C(=O)N(C1CCC(=O)NC1=O)C2. The molecule has 9 heteroatoms. The van der Waals surface area contributed by atoms with Gasteiger partial charge < -0.3 is 16.0 Å². The van der Waals surface area contributed by atoms with E-state index >= 15 is 0 Å². The van der Waals surface area contributed by atoms with Crippen LogP contribution in [0, 0.1) is 0 Å². The third-order valence-corrected chi connectivity index (χ3v) is 5.66. The molecule has 3 aliphatic rings. The Balaban J connectivity index is 1.50. The molecular formula is C19H23N5O4. The maximum atomic E-state index is 12.9. The molecule has 2 unspecified atom stereocenters. The van der Waals surface area contributed by atoms with Crippen LogP contribution in [0.4, 0.5) is 0 Å². The molecule has 0 radical (unpaired) electrons. The fourth-order valence-corrected chi connectivity index (χ4v) is 4.15. The van der Waals surface area contributed by atoms with E-state index in [0.29, 0.717) is 38.2 Å². The second kappa shape index (κ2) is 7.33. The molecule has 1 aromatic rings. The second-order valence-corrected chi connectivity index (χ2v) is 7.48. The highest BCUT2D eigenvalue weighted by molar-refractivity contribution is 6.05. The fraction of sp³-hybridized carbons (Fsp3) is 0.474. The van der Waals surface area contributed by atoms with E-state index in [1.165, 1.54) is 4.90 Å². The monoisotopic (exact) mass is 385 g/mol. The number of primary amides is 1. The molecule has 148 valence electrons. The van der Waals surface area contributed by atoms with Crippen molar-refractivity contribution in [2.24, 2.45) is 5.73 Å². The fourth-order valence-electron chi connectivity index (χ4n) is 4.15. The van der Waals surface area contributed by atoms with E-state index in [2.05, 4.69) is 10.6 Å². The number of piperazine rings is 1. The molecule has 4 amide bonds. The maximum absolute atomic E-state index is 12.9. The molecule has 0 aromatic heterocycles. The highest BCUT2D eigenvalue weighted by atomic mass is 16.2. The molecule has 3 heterocycles. The number of carbonyl (C=O) groups excluding carboxylic acids is 4. The number of rotatable bonds is 4. The topological polar surface area (TPSA) is 125 Å². The van der Waals surface area contributed by atoms with Gasteiger partial charge in [-0.1, -0.05) is 12.1 Å². The summed E-state index contributed by atoms with van der Waals surface area (Å²) in [6, 6.07) is 4.69. The molecule has 2 saturated heterocycles. The standard InChI is InChI=1S/C19H23N5O4/c20-17(26)15-8-21-5-6-23(15)9-11-1-2-12-10-24(19(28)13(12)7-11)14-3-4-16(25)22-18(14)27/h1-2,7,14-15,21H,3-6,8-10H2,(H2,20,26)(H,22,25,27). The first-order chi connectivity index (χ1) is 13.4. The van der Waals surface area contributed by atoms with E-state index in [4.69, 9.17) is 5.73 Å². The predicted octanol–water partition coefficient (Wildman–Crippen LogP) is -1.29. The van der Waals surface area contributed by atoms with Gasteiger partial charge in [-0.15, -0.1) is 0 Å². The van der Waals surface area contributed by atoms with Gasteiger partial charge in [0.05, 0.1) is 0 Å². The van der Waals surface area contributed by atoms with Crippen LogP contribution in [-0.2, 0) is 27.5 Å². The quantitative estimate of drug-likeness (QED) is 0.554. The molecule has 1 aromatic carbocycles. The van der Waals surface area contributed by atoms with Crippen molar-refractivity contribution in [3.05, 3.63) is 34.9 Å². The van der Waals surface area contributed by atoms with Crippen LogP contribution < -0.4 is 16.4 Å². The Kier molecular flexibility index (Phi) is 4.86. The Morgan fingerprint density at radius 2 is 2.07 bits per heavy atom. The van der Waals surface area contributed by atoms with Gasteiger partial charge in [0, 0.05) is 44.7 Å². The lowest BCUT2D eigenvalue weighted by Gasteiger charge is -2.34. The van der Waals surface area contributed by atoms with E-state index < -0.39 is 11.9 Å². The molecule has 0 aliphatic carbocycles. The first-order valence-corrected chi connectivity index (χ1v) is 9.44. The number of nitrogens with two attached hydrogens (primary N) is 1. The number of piperidine rings is 1. The number of fused-ring (bicyclic) bond motifs is 1. The van der Waals surface area contributed by atoms with Crippen LogP contribution >= 0.6 is 0 Å². The summed E-state index contributed by atoms with van der Waals surface area (Å²) >= 11 is 0. The number of imide groups is 1. The van der Waals surface area contributed by atoms with Crippen LogP contribution in [0.3, 0.4) is 0 Å². The van der Waals surface area contributed by atoms with Crippen LogP contribution in [-0.4, -0.2) is 65.1 Å². The minimum Gasteiger partial charge on any atom is -0.368 e. The van der Waals surface area contributed by atoms with Crippen molar-refractivity contribution in [2.75, 3.05) is 19.6 Å². The van der Waals surface area contributed by atoms with E-state index in [9.17, 15) is 19.2 Å². The predicted molar refractivity (Wildman–Crippen MR) is 98.7 cm³/mol. The zero-order chi connectivity index (χ0) is 19.8. The van der Waals surface area contributed by atoms with Crippen LogP contribution in [0.5, 0.6) is 0 Å². The highest BCUT2D eigenvalue weighted by Crippen LogP contribution is 2.28. The smallest absolute Gasteiger partial charge is 0.255 e. The first kappa shape index (κ1) is 18.6. The largest absolute Gasteiger partial charge is 0.368 e. The first-order valence-electron chi connectivity index (χ1n) is 9.44. The van der Waals surface area contributed by atoms with Gasteiger partial charge in [0.25, 0.3) is 5.91 Å². The highest BCUT2D eigenvalue weighted by Gasteiger charge is 2.39. The van der Waals surface area contributed by atoms with Gasteiger partial charge in [0.1, 0.15) is 12.1 Å². The molecule has 2 fully saturated rings. The lowest BCUT2D eigenvalue weighted by atomic mass is 10.0. The number of hydrogen-bond donors (Lipinski definition) is 3. The summed E-state index contributed by atoms with van der Waals surface area (Å²) in [4.78, 5) is 51.6. The molecule has 0 saturated carbocycles. The molecule has 2 atom stereocenters. The third kappa shape index (κ3) is 3.38. The average Bonchev–Trinajstić information content (AvgIpc) is 2.98. The van der Waals surface area contributed by atoms with Gasteiger partial charge in [0.2, 0.25) is 17.7 Å². The lowest BCUT2D eigenvalue weighted by Crippen LogP contribution is -2.56. The van der Waals surface area contributed by atoms with Crippen LogP contribution in [0.1, 0.15) is 34.3 Å². The molecule has 4 N–H and O–H groups in total. The van der Waals surface area contributed by atoms with Gasteiger partial charge in [-0.3, -0.25) is 29.4 Å². The summed E-state index contributed by atoms with van der Waals surface area (Å²) < 4.78 is 0. The van der Waals surface area contributed by atoms with Crippen LogP contribution in [0.25, 0.3) is 0 Å². The average molecular weight is 385 g/mol. The van der Waals surface area contributed by atoms with Crippen LogP contribution in [0.15, 0.2) is 18.2 Å². The normalized spacial score (nSPS) is 25.6. The van der Waals surface area contributed by atoms with Crippen molar-refractivity contribution in [2.45, 2.75) is 38.0 Å². The second-order valence-electron chi connectivity index (χ2n) is 7.48. The third-order valence-electron chi connectivity index (χ3n) is 5.66. The number of hydrogen-bond acceptors (Lipinski definition) is 6. The molecule has 4 rings (SSSR count). The summed E-state index contributed by atoms with van der Waals surface area (Å²) in [6.45, 7) is 2.87. The van der Waals surface area contributed by atoms with Gasteiger partial charge in [-0.25, -0.2) is 0 Å². The number of carbonyl (C=O) groups is 4. The Morgan fingerprint density at radius 1 is 1.25 bits per heavy atom. The van der Waals surface area contributed by atoms with E-state index in [1.54, 1.807) is 0 Å². The van der Waals surface area contributed by atoms with Crippen molar-refractivity contribution in [1.82, 2.24) is 20.4 Å². The summed E-state index contributed by atoms with van der Waals surface area (Å²) in [5.41, 5.74) is 7.87. The minimum absolute atomic E-state index is 0.196. The van der Waals surface area contributed by atoms with Gasteiger partial charge in [-0.05, 0) is 23.6 Å². The zero-order valence-corrected chi connectivity index (χ0v) is 15.4. The van der Waals surface area contributed by atoms with E-state index in [1.807, 2.05) is 23.1 Å². The maximum Gasteiger partial charge on any atom is 0.255 e. The number of nitrogens with zero attached hydrogens (tertiary/aromatic N) is 2. The molecular weight excluding hydrogens is 362 g/mol. The van der Waals surface area contributed by atoms with E-state index in [-0.39, 0.29) is 30.2 Å².